The number of carbonyl (C=O) groups excluding carboxylic acids is 2. The van der Waals surface area contributed by atoms with E-state index in [2.05, 4.69) is 4.98 Å². The summed E-state index contributed by atoms with van der Waals surface area (Å²) in [5.41, 5.74) is 3.14. The molecule has 0 radical (unpaired) electrons. The van der Waals surface area contributed by atoms with Crippen molar-refractivity contribution < 1.29 is 38.4 Å². The predicted molar refractivity (Wildman–Crippen MR) is 207 cm³/mol. The van der Waals surface area contributed by atoms with Gasteiger partial charge < -0.3 is 33.9 Å². The summed E-state index contributed by atoms with van der Waals surface area (Å²) in [6, 6.07) is 7.80. The van der Waals surface area contributed by atoms with Gasteiger partial charge in [0.1, 0.15) is 23.0 Å². The minimum atomic E-state index is -1.14. The van der Waals surface area contributed by atoms with Crippen LogP contribution in [0.5, 0.6) is 11.5 Å². The van der Waals surface area contributed by atoms with Crippen LogP contribution < -0.4 is 9.47 Å². The number of hydrogen-bond donors (Lipinski definition) is 1. The number of rotatable bonds is 12. The molecule has 3 heterocycles. The normalized spacial score (nSPS) is 18.4. The molecule has 1 saturated carbocycles. The van der Waals surface area contributed by atoms with Crippen LogP contribution in [0.25, 0.3) is 5.57 Å². The number of methoxy groups -OCH3 is 1. The van der Waals surface area contributed by atoms with E-state index in [4.69, 9.17) is 42.1 Å². The van der Waals surface area contributed by atoms with Gasteiger partial charge in [-0.25, -0.2) is 14.6 Å². The second-order valence-corrected chi connectivity index (χ2v) is 16.8. The number of benzene rings is 2. The van der Waals surface area contributed by atoms with Crippen molar-refractivity contribution in [3.8, 4) is 11.5 Å². The Morgan fingerprint density at radius 2 is 1.80 bits per heavy atom. The molecule has 1 aromatic heterocycles. The second kappa shape index (κ2) is 16.4. The Balaban J connectivity index is 1.30. The number of carbonyl (C=O) groups is 3. The first kappa shape index (κ1) is 39.6. The van der Waals surface area contributed by atoms with Crippen molar-refractivity contribution in [2.75, 3.05) is 33.4 Å². The number of carboxylic acid groups (broad SMARTS) is 1. The van der Waals surface area contributed by atoms with Gasteiger partial charge in [0, 0.05) is 37.4 Å². The quantitative estimate of drug-likeness (QED) is 0.181. The maximum atomic E-state index is 15.1. The summed E-state index contributed by atoms with van der Waals surface area (Å²) in [6.45, 7) is 10.3. The predicted octanol–water partition coefficient (Wildman–Crippen LogP) is 7.99. The summed E-state index contributed by atoms with van der Waals surface area (Å²) in [7, 11) is 1.62. The summed E-state index contributed by atoms with van der Waals surface area (Å²) in [5, 5.41) is 12.1. The Morgan fingerprint density at radius 1 is 1.07 bits per heavy atom. The van der Waals surface area contributed by atoms with E-state index >= 15 is 4.79 Å². The van der Waals surface area contributed by atoms with Crippen LogP contribution >= 0.6 is 34.5 Å². The van der Waals surface area contributed by atoms with Crippen molar-refractivity contribution in [3.63, 3.8) is 0 Å². The first-order chi connectivity index (χ1) is 25.6. The van der Waals surface area contributed by atoms with E-state index in [-0.39, 0.29) is 51.3 Å². The van der Waals surface area contributed by atoms with Crippen molar-refractivity contribution in [2.45, 2.75) is 90.8 Å². The third-order valence-corrected chi connectivity index (χ3v) is 11.2. The molecular formula is C39H46Cl2N4O8S. The van der Waals surface area contributed by atoms with Gasteiger partial charge in [0.15, 0.2) is 5.75 Å². The smallest absolute Gasteiger partial charge is 0.410 e. The van der Waals surface area contributed by atoms with Crippen molar-refractivity contribution in [2.24, 2.45) is 0 Å². The van der Waals surface area contributed by atoms with E-state index in [1.807, 2.05) is 36.9 Å². The highest BCUT2D eigenvalue weighted by Crippen LogP contribution is 2.43. The Labute approximate surface area is 329 Å². The topological polar surface area (TPSA) is 131 Å². The van der Waals surface area contributed by atoms with Crippen molar-refractivity contribution in [1.29, 1.82) is 0 Å². The molecule has 3 amide bonds. The van der Waals surface area contributed by atoms with Gasteiger partial charge >= 0.3 is 12.2 Å². The van der Waals surface area contributed by atoms with Crippen LogP contribution in [0.4, 0.5) is 9.59 Å². The van der Waals surface area contributed by atoms with Gasteiger partial charge in [0.25, 0.3) is 5.91 Å². The van der Waals surface area contributed by atoms with Crippen molar-refractivity contribution in [3.05, 3.63) is 78.7 Å². The maximum Gasteiger partial charge on any atom is 0.410 e. The molecule has 12 nitrogen and oxygen atoms in total. The van der Waals surface area contributed by atoms with Crippen LogP contribution in [0.15, 0.2) is 42.1 Å². The van der Waals surface area contributed by atoms with Crippen molar-refractivity contribution in [1.82, 2.24) is 19.7 Å². The lowest BCUT2D eigenvalue weighted by Crippen LogP contribution is -2.65. The zero-order chi connectivity index (χ0) is 38.9. The van der Waals surface area contributed by atoms with Gasteiger partial charge in [-0.1, -0.05) is 35.3 Å². The average Bonchev–Trinajstić information content (AvgIpc) is 3.83. The highest BCUT2D eigenvalue weighted by atomic mass is 35.5. The molecule has 54 heavy (non-hydrogen) atoms. The number of fused-ring (bicyclic) bond motifs is 2. The number of thiazole rings is 1. The molecule has 6 rings (SSSR count). The molecule has 2 bridgehead atoms. The molecule has 1 saturated heterocycles. The van der Waals surface area contributed by atoms with E-state index in [0.717, 1.165) is 45.7 Å². The number of ether oxygens (including phenoxy) is 4. The van der Waals surface area contributed by atoms with E-state index in [9.17, 15) is 14.7 Å². The lowest BCUT2D eigenvalue weighted by molar-refractivity contribution is -0.129. The van der Waals surface area contributed by atoms with E-state index in [1.54, 1.807) is 46.2 Å². The second-order valence-electron chi connectivity index (χ2n) is 14.8. The van der Waals surface area contributed by atoms with Gasteiger partial charge in [0.05, 0.1) is 47.3 Å². The SMILES string of the molecule is COc1cccc(CN(C(=O)C2=C(c3cnc(COCCOc4c(Cl)cc(C)cc4Cl)s3)CC3CN(C(=O)OC(C)(C)C)C[C@H]2N3C(=O)O)C2CC2)c1C. The molecule has 1 aliphatic carbocycles. The van der Waals surface area contributed by atoms with Gasteiger partial charge in [0.2, 0.25) is 0 Å². The largest absolute Gasteiger partial charge is 0.496 e. The number of hydrogen-bond acceptors (Lipinski definition) is 9. The Kier molecular flexibility index (Phi) is 12.0. The molecule has 1 N–H and O–H groups in total. The summed E-state index contributed by atoms with van der Waals surface area (Å²) >= 11 is 14.0. The zero-order valence-corrected chi connectivity index (χ0v) is 33.6. The molecule has 3 aromatic rings. The van der Waals surface area contributed by atoms with Crippen LogP contribution in [-0.4, -0.2) is 100 Å². The average molecular weight is 802 g/mol. The number of halogens is 2. The maximum absolute atomic E-state index is 15.1. The molecule has 2 aliphatic heterocycles. The number of aromatic nitrogens is 1. The Hall–Kier alpha value is -4.04. The van der Waals surface area contributed by atoms with Gasteiger partial charge in [-0.05, 0) is 94.3 Å². The van der Waals surface area contributed by atoms with E-state index < -0.39 is 29.9 Å². The highest BCUT2D eigenvalue weighted by Gasteiger charge is 2.50. The molecule has 0 spiro atoms. The fourth-order valence-corrected chi connectivity index (χ4v) is 8.65. The van der Waals surface area contributed by atoms with Crippen LogP contribution in [0, 0.1) is 13.8 Å². The highest BCUT2D eigenvalue weighted by molar-refractivity contribution is 7.12. The first-order valence-electron chi connectivity index (χ1n) is 17.9. The summed E-state index contributed by atoms with van der Waals surface area (Å²) < 4.78 is 22.9. The fourth-order valence-electron chi connectivity index (χ4n) is 7.02. The molecule has 15 heteroatoms. The lowest BCUT2D eigenvalue weighted by Gasteiger charge is -2.50. The Morgan fingerprint density at radius 3 is 2.44 bits per heavy atom. The molecule has 1 unspecified atom stereocenters. The summed E-state index contributed by atoms with van der Waals surface area (Å²) in [6.07, 6.45) is 1.93. The van der Waals surface area contributed by atoms with E-state index in [1.165, 1.54) is 21.1 Å². The third-order valence-electron chi connectivity index (χ3n) is 9.65. The molecule has 2 aromatic carbocycles. The molecule has 2 fully saturated rings. The number of nitrogens with zero attached hydrogens (tertiary/aromatic N) is 4. The summed E-state index contributed by atoms with van der Waals surface area (Å²) in [4.78, 5) is 51.4. The number of aryl methyl sites for hydroxylation is 1. The molecule has 290 valence electrons. The summed E-state index contributed by atoms with van der Waals surface area (Å²) in [5.74, 6) is 0.868. The molecular weight excluding hydrogens is 755 g/mol. The monoisotopic (exact) mass is 800 g/mol. The third kappa shape index (κ3) is 8.91. The van der Waals surface area contributed by atoms with Crippen LogP contribution in [-0.2, 0) is 27.4 Å². The minimum Gasteiger partial charge on any atom is -0.496 e. The van der Waals surface area contributed by atoms with Gasteiger partial charge in [-0.15, -0.1) is 11.3 Å². The zero-order valence-electron chi connectivity index (χ0n) is 31.3. The first-order valence-corrected chi connectivity index (χ1v) is 19.5. The Bertz CT molecular complexity index is 1920. The standard InChI is InChI=1S/C39H46Cl2N4O8S/c1-22-14-28(40)35(29(41)15-22)52-13-12-51-21-33-42-17-32(54-33)27-16-26-19-43(38(49)53-39(3,4)5)20-30(45(26)37(47)48)34(27)36(46)44(25-10-11-25)18-24-8-7-9-31(50-6)23(24)2/h7-9,14-15,17,25-26,30H,10-13,16,18-21H2,1-6H3,(H,47,48)/t26?,30-/m1/s1. The van der Waals surface area contributed by atoms with Crippen LogP contribution in [0.1, 0.15) is 66.6 Å². The molecule has 3 aliphatic rings. The van der Waals surface area contributed by atoms with Crippen LogP contribution in [0.2, 0.25) is 10.0 Å². The van der Waals surface area contributed by atoms with Crippen molar-refractivity contribution >= 4 is 58.2 Å². The molecule has 2 atom stereocenters. The van der Waals surface area contributed by atoms with Gasteiger partial charge in [-0.3, -0.25) is 9.69 Å². The lowest BCUT2D eigenvalue weighted by atomic mass is 9.83. The number of amides is 3. The van der Waals surface area contributed by atoms with E-state index in [0.29, 0.717) is 32.9 Å². The van der Waals surface area contributed by atoms with Crippen LogP contribution in [0.3, 0.4) is 0 Å². The minimum absolute atomic E-state index is 0.00397. The van der Waals surface area contributed by atoms with Gasteiger partial charge in [-0.2, -0.15) is 0 Å². The number of piperazine rings is 1. The fraction of sp³-hybridized carbons (Fsp3) is 0.487.